The zero-order valence-corrected chi connectivity index (χ0v) is 12.6. The Bertz CT molecular complexity index is 588. The number of nitrogens with zero attached hydrogens (tertiary/aromatic N) is 2. The summed E-state index contributed by atoms with van der Waals surface area (Å²) in [4.78, 5) is 0. The van der Waals surface area contributed by atoms with E-state index in [2.05, 4.69) is 18.1 Å². The highest BCUT2D eigenvalue weighted by Gasteiger charge is 2.11. The lowest BCUT2D eigenvalue weighted by Crippen LogP contribution is -2.05. The smallest absolute Gasteiger partial charge is 0.130 e. The molecule has 1 aromatic carbocycles. The van der Waals surface area contributed by atoms with Crippen molar-refractivity contribution in [3.63, 3.8) is 0 Å². The molecule has 0 unspecified atom stereocenters. The third kappa shape index (κ3) is 3.20. The molecular formula is C16H22N2O2. The van der Waals surface area contributed by atoms with Crippen molar-refractivity contribution in [2.24, 2.45) is 7.05 Å². The van der Waals surface area contributed by atoms with Gasteiger partial charge in [0, 0.05) is 12.6 Å². The minimum absolute atomic E-state index is 0.451. The van der Waals surface area contributed by atoms with Gasteiger partial charge in [-0.1, -0.05) is 18.6 Å². The fraction of sp³-hybridized carbons (Fsp3) is 0.438. The highest BCUT2D eigenvalue weighted by Crippen LogP contribution is 2.27. The zero-order chi connectivity index (χ0) is 14.7. The molecule has 0 amide bonds. The number of rotatable bonds is 5. The maximum atomic E-state index is 9.83. The number of hydrogen-bond donors (Lipinski definition) is 1. The molecule has 2 rings (SSSR count). The van der Waals surface area contributed by atoms with Gasteiger partial charge in [0.25, 0.3) is 0 Å². The van der Waals surface area contributed by atoms with Gasteiger partial charge in [-0.3, -0.25) is 4.68 Å². The molecule has 108 valence electrons. The van der Waals surface area contributed by atoms with Crippen LogP contribution in [-0.2, 0) is 20.1 Å². The molecule has 1 N–H and O–H groups in total. The van der Waals surface area contributed by atoms with Crippen LogP contribution in [-0.4, -0.2) is 14.9 Å². The molecule has 1 heterocycles. The van der Waals surface area contributed by atoms with E-state index in [1.165, 1.54) is 0 Å². The maximum Gasteiger partial charge on any atom is 0.130 e. The topological polar surface area (TPSA) is 47.3 Å². The Hall–Kier alpha value is -1.81. The monoisotopic (exact) mass is 274 g/mol. The second kappa shape index (κ2) is 6.09. The van der Waals surface area contributed by atoms with E-state index < -0.39 is 6.10 Å². The van der Waals surface area contributed by atoms with E-state index in [0.717, 1.165) is 34.7 Å². The summed E-state index contributed by atoms with van der Waals surface area (Å²) in [5, 5.41) is 14.2. The van der Waals surface area contributed by atoms with Crippen LogP contribution in [0, 0.1) is 6.92 Å². The van der Waals surface area contributed by atoms with Gasteiger partial charge in [0.1, 0.15) is 12.4 Å². The van der Waals surface area contributed by atoms with Crippen molar-refractivity contribution in [3.05, 3.63) is 46.8 Å². The van der Waals surface area contributed by atoms with E-state index in [4.69, 9.17) is 4.74 Å². The van der Waals surface area contributed by atoms with Crippen LogP contribution < -0.4 is 4.74 Å². The molecule has 0 saturated carbocycles. The van der Waals surface area contributed by atoms with Gasteiger partial charge in [-0.15, -0.1) is 0 Å². The highest BCUT2D eigenvalue weighted by atomic mass is 16.5. The largest absolute Gasteiger partial charge is 0.487 e. The average molecular weight is 274 g/mol. The van der Waals surface area contributed by atoms with Gasteiger partial charge >= 0.3 is 0 Å². The van der Waals surface area contributed by atoms with Crippen LogP contribution in [0.2, 0.25) is 0 Å². The number of aryl methyl sites for hydroxylation is 3. The minimum atomic E-state index is -0.539. The van der Waals surface area contributed by atoms with E-state index in [9.17, 15) is 5.11 Å². The number of hydrogen-bond acceptors (Lipinski definition) is 3. The molecule has 0 radical (unpaired) electrons. The van der Waals surface area contributed by atoms with Crippen molar-refractivity contribution in [2.75, 3.05) is 0 Å². The van der Waals surface area contributed by atoms with Gasteiger partial charge in [-0.25, -0.2) is 0 Å². The molecule has 4 nitrogen and oxygen atoms in total. The number of aromatic nitrogens is 2. The summed E-state index contributed by atoms with van der Waals surface area (Å²) in [6.07, 6.45) is 0.375. The lowest BCUT2D eigenvalue weighted by Gasteiger charge is -2.14. The van der Waals surface area contributed by atoms with Crippen LogP contribution in [0.4, 0.5) is 0 Å². The summed E-state index contributed by atoms with van der Waals surface area (Å²) in [5.74, 6) is 0.727. The first kappa shape index (κ1) is 14.6. The summed E-state index contributed by atoms with van der Waals surface area (Å²) in [6.45, 7) is 6.29. The van der Waals surface area contributed by atoms with Gasteiger partial charge in [0.05, 0.1) is 17.5 Å². The molecule has 20 heavy (non-hydrogen) atoms. The molecule has 0 spiro atoms. The van der Waals surface area contributed by atoms with E-state index >= 15 is 0 Å². The van der Waals surface area contributed by atoms with E-state index in [0.29, 0.717) is 6.61 Å². The summed E-state index contributed by atoms with van der Waals surface area (Å²) >= 11 is 0. The molecule has 4 heteroatoms. The molecule has 0 fully saturated rings. The summed E-state index contributed by atoms with van der Waals surface area (Å²) in [6, 6.07) is 7.91. The second-order valence-electron chi connectivity index (χ2n) is 5.11. The van der Waals surface area contributed by atoms with Crippen molar-refractivity contribution in [2.45, 2.75) is 39.9 Å². The van der Waals surface area contributed by atoms with Crippen molar-refractivity contribution < 1.29 is 9.84 Å². The zero-order valence-electron chi connectivity index (χ0n) is 12.6. The lowest BCUT2D eigenvalue weighted by molar-refractivity contribution is 0.189. The first-order valence-electron chi connectivity index (χ1n) is 6.94. The quantitative estimate of drug-likeness (QED) is 0.912. The Labute approximate surface area is 120 Å². The van der Waals surface area contributed by atoms with Crippen LogP contribution in [0.3, 0.4) is 0 Å². The predicted octanol–water partition coefficient (Wildman–Crippen LogP) is 2.92. The second-order valence-corrected chi connectivity index (χ2v) is 5.11. The summed E-state index contributed by atoms with van der Waals surface area (Å²) < 4.78 is 7.70. The summed E-state index contributed by atoms with van der Waals surface area (Å²) in [5.41, 5.74) is 4.02. The van der Waals surface area contributed by atoms with Crippen molar-refractivity contribution in [1.29, 1.82) is 0 Å². The predicted molar refractivity (Wildman–Crippen MR) is 78.7 cm³/mol. The number of aliphatic hydroxyl groups excluding tert-OH is 1. The third-order valence-corrected chi connectivity index (χ3v) is 3.38. The number of ether oxygens (including phenoxy) is 1. The Balaban J connectivity index is 2.16. The highest BCUT2D eigenvalue weighted by molar-refractivity contribution is 5.38. The fourth-order valence-electron chi connectivity index (χ4n) is 2.16. The molecule has 1 atom stereocenters. The Kier molecular flexibility index (Phi) is 4.45. The van der Waals surface area contributed by atoms with Crippen LogP contribution in [0.1, 0.15) is 42.5 Å². The molecule has 0 aliphatic carbocycles. The molecule has 1 aromatic heterocycles. The van der Waals surface area contributed by atoms with E-state index in [1.807, 2.05) is 36.9 Å². The standard InChI is InChI=1S/C16H22N2O2/c1-5-13-9-14(18(4)17-13)10-20-16-7-6-11(2)8-15(16)12(3)19/h6-9,12,19H,5,10H2,1-4H3/t12-/m0/s1. The van der Waals surface area contributed by atoms with Crippen LogP contribution in [0.5, 0.6) is 5.75 Å². The Morgan fingerprint density at radius 3 is 2.70 bits per heavy atom. The third-order valence-electron chi connectivity index (χ3n) is 3.38. The van der Waals surface area contributed by atoms with Gasteiger partial charge in [0.2, 0.25) is 0 Å². The minimum Gasteiger partial charge on any atom is -0.487 e. The van der Waals surface area contributed by atoms with Gasteiger partial charge in [-0.05, 0) is 38.5 Å². The van der Waals surface area contributed by atoms with Crippen LogP contribution >= 0.6 is 0 Å². The van der Waals surface area contributed by atoms with Crippen molar-refractivity contribution >= 4 is 0 Å². The van der Waals surface area contributed by atoms with Crippen molar-refractivity contribution in [3.8, 4) is 5.75 Å². The van der Waals surface area contributed by atoms with Crippen LogP contribution in [0.25, 0.3) is 0 Å². The molecule has 2 aromatic rings. The van der Waals surface area contributed by atoms with E-state index in [1.54, 1.807) is 6.92 Å². The fourth-order valence-corrected chi connectivity index (χ4v) is 2.16. The first-order valence-corrected chi connectivity index (χ1v) is 6.94. The van der Waals surface area contributed by atoms with Gasteiger partial charge < -0.3 is 9.84 Å². The van der Waals surface area contributed by atoms with Crippen molar-refractivity contribution in [1.82, 2.24) is 9.78 Å². The first-order chi connectivity index (χ1) is 9.51. The maximum absolute atomic E-state index is 9.83. The van der Waals surface area contributed by atoms with Crippen LogP contribution in [0.15, 0.2) is 24.3 Å². The molecule has 0 bridgehead atoms. The molecule has 0 saturated heterocycles. The molecular weight excluding hydrogens is 252 g/mol. The van der Waals surface area contributed by atoms with Gasteiger partial charge in [0.15, 0.2) is 0 Å². The number of benzene rings is 1. The van der Waals surface area contributed by atoms with E-state index in [-0.39, 0.29) is 0 Å². The average Bonchev–Trinajstić information content (AvgIpc) is 2.78. The molecule has 0 aliphatic rings. The Morgan fingerprint density at radius 2 is 2.10 bits per heavy atom. The summed E-state index contributed by atoms with van der Waals surface area (Å²) in [7, 11) is 1.92. The lowest BCUT2D eigenvalue weighted by atomic mass is 10.1. The van der Waals surface area contributed by atoms with Gasteiger partial charge in [-0.2, -0.15) is 5.10 Å². The molecule has 0 aliphatic heterocycles. The normalized spacial score (nSPS) is 12.4. The Morgan fingerprint density at radius 1 is 1.35 bits per heavy atom. The SMILES string of the molecule is CCc1cc(COc2ccc(C)cc2[C@H](C)O)n(C)n1. The number of aliphatic hydroxyl groups is 1.